The Balaban J connectivity index is 2.38. The molecule has 2 aromatic rings. The van der Waals surface area contributed by atoms with Gasteiger partial charge < -0.3 is 10.4 Å². The Morgan fingerprint density at radius 2 is 2.00 bits per heavy atom. The van der Waals surface area contributed by atoms with E-state index in [1.807, 2.05) is 0 Å². The number of benzene rings is 1. The van der Waals surface area contributed by atoms with Crippen molar-refractivity contribution in [3.8, 4) is 0 Å². The summed E-state index contributed by atoms with van der Waals surface area (Å²) < 4.78 is 0.774. The quantitative estimate of drug-likeness (QED) is 0.784. The van der Waals surface area contributed by atoms with E-state index in [4.69, 9.17) is 28.3 Å². The molecule has 0 aliphatic rings. The minimum atomic E-state index is -1.07. The van der Waals surface area contributed by atoms with E-state index in [0.29, 0.717) is 16.5 Å². The summed E-state index contributed by atoms with van der Waals surface area (Å²) in [4.78, 5) is 14.9. The number of aromatic nitrogens is 1. The average Bonchev–Trinajstić information content (AvgIpc) is 2.33. The number of nitrogens with one attached hydrogen (secondary N) is 1. The number of pyridine rings is 1. The highest BCUT2D eigenvalue weighted by Crippen LogP contribution is 2.29. The highest BCUT2D eigenvalue weighted by molar-refractivity contribution is 9.10. The van der Waals surface area contributed by atoms with Crippen LogP contribution in [0, 0.1) is 0 Å². The van der Waals surface area contributed by atoms with Crippen molar-refractivity contribution in [1.29, 1.82) is 0 Å². The second kappa shape index (κ2) is 5.77. The van der Waals surface area contributed by atoms with Crippen molar-refractivity contribution in [3.05, 3.63) is 50.5 Å². The fourth-order valence-electron chi connectivity index (χ4n) is 1.42. The molecule has 4 nitrogen and oxygen atoms in total. The number of hydrogen-bond acceptors (Lipinski definition) is 3. The topological polar surface area (TPSA) is 62.2 Å². The van der Waals surface area contributed by atoms with Gasteiger partial charge in [-0.05, 0) is 46.3 Å². The van der Waals surface area contributed by atoms with Crippen LogP contribution in [-0.2, 0) is 0 Å². The third kappa shape index (κ3) is 3.59. The lowest BCUT2D eigenvalue weighted by Crippen LogP contribution is -2.01. The number of rotatable bonds is 3. The second-order valence-corrected chi connectivity index (χ2v) is 5.30. The van der Waals surface area contributed by atoms with Crippen LogP contribution in [0.3, 0.4) is 0 Å². The number of halogens is 3. The van der Waals surface area contributed by atoms with E-state index < -0.39 is 5.97 Å². The molecule has 0 bridgehead atoms. The fraction of sp³-hybridized carbons (Fsp3) is 0. The zero-order valence-corrected chi connectivity index (χ0v) is 12.4. The maximum atomic E-state index is 10.9. The number of carbonyl (C=O) groups is 1. The Hall–Kier alpha value is -1.30. The Morgan fingerprint density at radius 3 is 2.68 bits per heavy atom. The third-order valence-corrected chi connectivity index (χ3v) is 3.35. The molecule has 1 aromatic heterocycles. The molecule has 0 aliphatic heterocycles. The first-order chi connectivity index (χ1) is 8.95. The number of carboxylic acids is 1. The van der Waals surface area contributed by atoms with Gasteiger partial charge in [0.05, 0.1) is 11.3 Å². The molecule has 0 atom stereocenters. The summed E-state index contributed by atoms with van der Waals surface area (Å²) >= 11 is 15.0. The van der Waals surface area contributed by atoms with Gasteiger partial charge in [-0.1, -0.05) is 23.2 Å². The maximum absolute atomic E-state index is 10.9. The van der Waals surface area contributed by atoms with Crippen molar-refractivity contribution in [1.82, 2.24) is 4.98 Å². The normalized spacial score (nSPS) is 10.3. The summed E-state index contributed by atoms with van der Waals surface area (Å²) in [5.74, 6) is -0.745. The number of nitrogens with zero attached hydrogens (tertiary/aromatic N) is 1. The number of aromatic carboxylic acids is 1. The van der Waals surface area contributed by atoms with Gasteiger partial charge in [-0.2, -0.15) is 0 Å². The summed E-state index contributed by atoms with van der Waals surface area (Å²) in [5.41, 5.74) is 0.722. The molecule has 0 radical (unpaired) electrons. The smallest absolute Gasteiger partial charge is 0.335 e. The number of carboxylic acid groups (broad SMARTS) is 1. The summed E-state index contributed by atoms with van der Waals surface area (Å²) in [6, 6.07) is 7.86. The Kier molecular flexibility index (Phi) is 4.29. The highest BCUT2D eigenvalue weighted by Gasteiger charge is 2.09. The molecule has 0 saturated heterocycles. The molecule has 1 aromatic carbocycles. The van der Waals surface area contributed by atoms with E-state index in [9.17, 15) is 4.79 Å². The molecule has 0 fully saturated rings. The second-order valence-electron chi connectivity index (χ2n) is 3.62. The van der Waals surface area contributed by atoms with Gasteiger partial charge in [-0.25, -0.2) is 9.78 Å². The lowest BCUT2D eigenvalue weighted by molar-refractivity contribution is 0.0697. The third-order valence-electron chi connectivity index (χ3n) is 2.23. The average molecular weight is 362 g/mol. The van der Waals surface area contributed by atoms with Crippen molar-refractivity contribution < 1.29 is 9.90 Å². The van der Waals surface area contributed by atoms with Crippen molar-refractivity contribution in [2.45, 2.75) is 0 Å². The summed E-state index contributed by atoms with van der Waals surface area (Å²) in [6.07, 6.45) is 0. The molecular weight excluding hydrogens is 355 g/mol. The molecule has 0 spiro atoms. The van der Waals surface area contributed by atoms with E-state index in [0.717, 1.165) is 4.47 Å². The largest absolute Gasteiger partial charge is 0.478 e. The predicted octanol–water partition coefficient (Wildman–Crippen LogP) is 4.59. The van der Waals surface area contributed by atoms with E-state index in [1.165, 1.54) is 12.1 Å². The molecule has 0 saturated carbocycles. The number of hydrogen-bond donors (Lipinski definition) is 2. The standard InChI is InChI=1S/C12H7BrCl2N2O2/c13-8-2-1-7(14)5-9(8)16-11-4-6(12(18)19)3-10(15)17-11/h1-5H,(H,16,17)(H,18,19). The van der Waals surface area contributed by atoms with Crippen LogP contribution in [0.4, 0.5) is 11.5 Å². The van der Waals surface area contributed by atoms with Crippen molar-refractivity contribution >= 4 is 56.6 Å². The SMILES string of the molecule is O=C(O)c1cc(Cl)nc(Nc2cc(Cl)ccc2Br)c1. The molecule has 0 amide bonds. The van der Waals surface area contributed by atoms with Crippen LogP contribution < -0.4 is 5.32 Å². The first kappa shape index (κ1) is 14.1. The van der Waals surface area contributed by atoms with Crippen LogP contribution in [-0.4, -0.2) is 16.1 Å². The molecule has 2 rings (SSSR count). The number of anilines is 2. The molecule has 7 heteroatoms. The van der Waals surface area contributed by atoms with E-state index in [1.54, 1.807) is 18.2 Å². The van der Waals surface area contributed by atoms with Gasteiger partial charge in [-0.15, -0.1) is 0 Å². The molecule has 0 unspecified atom stereocenters. The van der Waals surface area contributed by atoms with Gasteiger partial charge in [0.25, 0.3) is 0 Å². The molecule has 1 heterocycles. The predicted molar refractivity (Wildman–Crippen MR) is 78.6 cm³/mol. The fourth-order valence-corrected chi connectivity index (χ4v) is 2.14. The van der Waals surface area contributed by atoms with Crippen LogP contribution in [0.15, 0.2) is 34.8 Å². The molecule has 19 heavy (non-hydrogen) atoms. The van der Waals surface area contributed by atoms with E-state index >= 15 is 0 Å². The lowest BCUT2D eigenvalue weighted by Gasteiger charge is -2.09. The zero-order chi connectivity index (χ0) is 14.0. The summed E-state index contributed by atoms with van der Waals surface area (Å²) in [5, 5.41) is 12.6. The molecule has 2 N–H and O–H groups in total. The highest BCUT2D eigenvalue weighted by atomic mass is 79.9. The molecule has 0 aliphatic carbocycles. The first-order valence-corrected chi connectivity index (χ1v) is 6.63. The van der Waals surface area contributed by atoms with Crippen LogP contribution in [0.1, 0.15) is 10.4 Å². The van der Waals surface area contributed by atoms with Crippen molar-refractivity contribution in [2.24, 2.45) is 0 Å². The van der Waals surface area contributed by atoms with Crippen LogP contribution >= 0.6 is 39.1 Å². The van der Waals surface area contributed by atoms with Gasteiger partial charge in [0, 0.05) is 9.50 Å². The first-order valence-electron chi connectivity index (χ1n) is 5.08. The molecule has 98 valence electrons. The van der Waals surface area contributed by atoms with Crippen LogP contribution in [0.5, 0.6) is 0 Å². The van der Waals surface area contributed by atoms with Gasteiger partial charge in [0.1, 0.15) is 11.0 Å². The minimum Gasteiger partial charge on any atom is -0.478 e. The van der Waals surface area contributed by atoms with Gasteiger partial charge >= 0.3 is 5.97 Å². The van der Waals surface area contributed by atoms with Gasteiger partial charge in [0.15, 0.2) is 0 Å². The van der Waals surface area contributed by atoms with E-state index in [-0.39, 0.29) is 10.7 Å². The lowest BCUT2D eigenvalue weighted by atomic mass is 10.2. The molecular formula is C12H7BrCl2N2O2. The zero-order valence-electron chi connectivity index (χ0n) is 9.32. The van der Waals surface area contributed by atoms with Gasteiger partial charge in [0.2, 0.25) is 0 Å². The van der Waals surface area contributed by atoms with E-state index in [2.05, 4.69) is 26.2 Å². The van der Waals surface area contributed by atoms with Crippen molar-refractivity contribution in [3.63, 3.8) is 0 Å². The minimum absolute atomic E-state index is 0.0562. The van der Waals surface area contributed by atoms with Crippen LogP contribution in [0.25, 0.3) is 0 Å². The monoisotopic (exact) mass is 360 g/mol. The Morgan fingerprint density at radius 1 is 1.26 bits per heavy atom. The van der Waals surface area contributed by atoms with Crippen molar-refractivity contribution in [2.75, 3.05) is 5.32 Å². The summed E-state index contributed by atoms with van der Waals surface area (Å²) in [6.45, 7) is 0. The Bertz CT molecular complexity index is 650. The van der Waals surface area contributed by atoms with Gasteiger partial charge in [-0.3, -0.25) is 0 Å². The maximum Gasteiger partial charge on any atom is 0.335 e. The summed E-state index contributed by atoms with van der Waals surface area (Å²) in [7, 11) is 0. The van der Waals surface area contributed by atoms with Crippen LogP contribution in [0.2, 0.25) is 10.2 Å². The Labute approximate surface area is 127 Å².